The zero-order chi connectivity index (χ0) is 14.5. The Kier molecular flexibility index (Phi) is 4.35. The average molecular weight is 273 g/mol. The summed E-state index contributed by atoms with van der Waals surface area (Å²) >= 11 is 0. The standard InChI is InChI=1S/C16H16FNO2/c1-11-7-9-13(10-8-11)20-12(2)16(19)18-15-6-4-3-5-14(15)17/h3-10,12H,1-2H3,(H,18,19)/t12-/m1/s1. The second-order valence-corrected chi connectivity index (χ2v) is 4.54. The highest BCUT2D eigenvalue weighted by Gasteiger charge is 2.16. The third kappa shape index (κ3) is 3.57. The van der Waals surface area contributed by atoms with Crippen molar-refractivity contribution in [1.29, 1.82) is 0 Å². The maximum atomic E-state index is 13.4. The lowest BCUT2D eigenvalue weighted by Crippen LogP contribution is -2.30. The summed E-state index contributed by atoms with van der Waals surface area (Å²) in [5, 5.41) is 2.50. The topological polar surface area (TPSA) is 38.3 Å². The molecule has 1 N–H and O–H groups in total. The van der Waals surface area contributed by atoms with Gasteiger partial charge in [0.05, 0.1) is 5.69 Å². The van der Waals surface area contributed by atoms with Gasteiger partial charge in [-0.2, -0.15) is 0 Å². The summed E-state index contributed by atoms with van der Waals surface area (Å²) in [7, 11) is 0. The fourth-order valence-electron chi connectivity index (χ4n) is 1.67. The van der Waals surface area contributed by atoms with E-state index in [-0.39, 0.29) is 5.69 Å². The zero-order valence-corrected chi connectivity index (χ0v) is 11.4. The number of para-hydroxylation sites is 1. The third-order valence-corrected chi connectivity index (χ3v) is 2.83. The molecule has 2 rings (SSSR count). The molecule has 0 bridgehead atoms. The number of rotatable bonds is 4. The van der Waals surface area contributed by atoms with Crippen molar-refractivity contribution in [2.24, 2.45) is 0 Å². The molecule has 1 amide bonds. The van der Waals surface area contributed by atoms with Gasteiger partial charge in [-0.15, -0.1) is 0 Å². The van der Waals surface area contributed by atoms with Gasteiger partial charge in [-0.1, -0.05) is 29.8 Å². The minimum atomic E-state index is -0.711. The summed E-state index contributed by atoms with van der Waals surface area (Å²) in [6.45, 7) is 3.59. The fourth-order valence-corrected chi connectivity index (χ4v) is 1.67. The first-order valence-corrected chi connectivity index (χ1v) is 6.35. The summed E-state index contributed by atoms with van der Waals surface area (Å²) in [4.78, 5) is 11.9. The quantitative estimate of drug-likeness (QED) is 0.925. The van der Waals surface area contributed by atoms with Crippen LogP contribution in [0.25, 0.3) is 0 Å². The van der Waals surface area contributed by atoms with Gasteiger partial charge in [0.2, 0.25) is 0 Å². The number of amides is 1. The number of hydrogen-bond acceptors (Lipinski definition) is 2. The van der Waals surface area contributed by atoms with Crippen LogP contribution in [-0.4, -0.2) is 12.0 Å². The molecule has 104 valence electrons. The van der Waals surface area contributed by atoms with E-state index in [1.807, 2.05) is 19.1 Å². The van der Waals surface area contributed by atoms with Gasteiger partial charge in [0, 0.05) is 0 Å². The number of nitrogens with one attached hydrogen (secondary N) is 1. The lowest BCUT2D eigenvalue weighted by molar-refractivity contribution is -0.122. The van der Waals surface area contributed by atoms with E-state index in [2.05, 4.69) is 5.32 Å². The zero-order valence-electron chi connectivity index (χ0n) is 11.4. The smallest absolute Gasteiger partial charge is 0.265 e. The molecule has 4 heteroatoms. The summed E-state index contributed by atoms with van der Waals surface area (Å²) in [5.41, 5.74) is 1.26. The predicted octanol–water partition coefficient (Wildman–Crippen LogP) is 3.54. The second kappa shape index (κ2) is 6.19. The van der Waals surface area contributed by atoms with Crippen molar-refractivity contribution in [3.05, 3.63) is 59.9 Å². The molecule has 2 aromatic carbocycles. The summed E-state index contributed by atoms with van der Waals surface area (Å²) in [6.07, 6.45) is -0.711. The summed E-state index contributed by atoms with van der Waals surface area (Å²) in [6, 6.07) is 13.4. The molecule has 0 aliphatic carbocycles. The summed E-state index contributed by atoms with van der Waals surface area (Å²) in [5.74, 6) is -0.258. The molecule has 0 aromatic heterocycles. The molecule has 0 aliphatic heterocycles. The molecule has 0 saturated carbocycles. The van der Waals surface area contributed by atoms with Crippen LogP contribution in [0.1, 0.15) is 12.5 Å². The molecule has 20 heavy (non-hydrogen) atoms. The van der Waals surface area contributed by atoms with E-state index < -0.39 is 17.8 Å². The number of carbonyl (C=O) groups is 1. The SMILES string of the molecule is Cc1ccc(O[C@H](C)C(=O)Nc2ccccc2F)cc1. The first kappa shape index (κ1) is 14.1. The minimum Gasteiger partial charge on any atom is -0.481 e. The van der Waals surface area contributed by atoms with Crippen LogP contribution in [-0.2, 0) is 4.79 Å². The van der Waals surface area contributed by atoms with E-state index in [0.717, 1.165) is 5.56 Å². The van der Waals surface area contributed by atoms with Crippen LogP contribution in [0.5, 0.6) is 5.75 Å². The largest absolute Gasteiger partial charge is 0.481 e. The van der Waals surface area contributed by atoms with Crippen molar-refractivity contribution >= 4 is 11.6 Å². The monoisotopic (exact) mass is 273 g/mol. The highest BCUT2D eigenvalue weighted by atomic mass is 19.1. The van der Waals surface area contributed by atoms with Crippen molar-refractivity contribution in [2.75, 3.05) is 5.32 Å². The minimum absolute atomic E-state index is 0.150. The molecule has 3 nitrogen and oxygen atoms in total. The van der Waals surface area contributed by atoms with Gasteiger partial charge < -0.3 is 10.1 Å². The Morgan fingerprint density at radius 1 is 1.15 bits per heavy atom. The predicted molar refractivity (Wildman–Crippen MR) is 76.3 cm³/mol. The van der Waals surface area contributed by atoms with Gasteiger partial charge in [-0.3, -0.25) is 4.79 Å². The number of aryl methyl sites for hydroxylation is 1. The molecule has 2 aromatic rings. The van der Waals surface area contributed by atoms with Crippen LogP contribution in [0.15, 0.2) is 48.5 Å². The van der Waals surface area contributed by atoms with Crippen molar-refractivity contribution in [3.8, 4) is 5.75 Å². The van der Waals surface area contributed by atoms with E-state index in [4.69, 9.17) is 4.74 Å². The normalized spacial score (nSPS) is 11.8. The Balaban J connectivity index is 1.99. The maximum Gasteiger partial charge on any atom is 0.265 e. The molecule has 0 unspecified atom stereocenters. The highest BCUT2D eigenvalue weighted by molar-refractivity contribution is 5.94. The Labute approximate surface area is 117 Å². The molecule has 0 fully saturated rings. The van der Waals surface area contributed by atoms with Gasteiger partial charge >= 0.3 is 0 Å². The molecule has 0 aliphatic rings. The Morgan fingerprint density at radius 2 is 1.80 bits per heavy atom. The fraction of sp³-hybridized carbons (Fsp3) is 0.188. The molecule has 0 saturated heterocycles. The molecule has 0 spiro atoms. The van der Waals surface area contributed by atoms with Gasteiger partial charge in [-0.05, 0) is 38.1 Å². The van der Waals surface area contributed by atoms with Crippen LogP contribution < -0.4 is 10.1 Å². The number of halogens is 1. The van der Waals surface area contributed by atoms with Crippen molar-refractivity contribution in [1.82, 2.24) is 0 Å². The third-order valence-electron chi connectivity index (χ3n) is 2.83. The van der Waals surface area contributed by atoms with Gasteiger partial charge in [0.15, 0.2) is 6.10 Å². The van der Waals surface area contributed by atoms with Crippen molar-refractivity contribution in [3.63, 3.8) is 0 Å². The number of hydrogen-bond donors (Lipinski definition) is 1. The first-order valence-electron chi connectivity index (χ1n) is 6.35. The lowest BCUT2D eigenvalue weighted by atomic mass is 10.2. The van der Waals surface area contributed by atoms with E-state index in [0.29, 0.717) is 5.75 Å². The highest BCUT2D eigenvalue weighted by Crippen LogP contribution is 2.16. The van der Waals surface area contributed by atoms with Gasteiger partial charge in [-0.25, -0.2) is 4.39 Å². The Bertz CT molecular complexity index is 596. The average Bonchev–Trinajstić information content (AvgIpc) is 2.44. The molecule has 1 atom stereocenters. The Hall–Kier alpha value is -2.36. The maximum absolute atomic E-state index is 13.4. The van der Waals surface area contributed by atoms with Crippen LogP contribution >= 0.6 is 0 Å². The second-order valence-electron chi connectivity index (χ2n) is 4.54. The van der Waals surface area contributed by atoms with Crippen molar-refractivity contribution < 1.29 is 13.9 Å². The molecule has 0 radical (unpaired) electrons. The lowest BCUT2D eigenvalue weighted by Gasteiger charge is -2.15. The number of ether oxygens (including phenoxy) is 1. The number of anilines is 1. The van der Waals surface area contributed by atoms with Crippen LogP contribution in [0.3, 0.4) is 0 Å². The van der Waals surface area contributed by atoms with Crippen LogP contribution in [0, 0.1) is 12.7 Å². The van der Waals surface area contributed by atoms with Crippen LogP contribution in [0.2, 0.25) is 0 Å². The van der Waals surface area contributed by atoms with E-state index in [1.165, 1.54) is 12.1 Å². The van der Waals surface area contributed by atoms with E-state index in [1.54, 1.807) is 31.2 Å². The van der Waals surface area contributed by atoms with Crippen LogP contribution in [0.4, 0.5) is 10.1 Å². The van der Waals surface area contributed by atoms with E-state index >= 15 is 0 Å². The van der Waals surface area contributed by atoms with E-state index in [9.17, 15) is 9.18 Å². The molecular formula is C16H16FNO2. The number of carbonyl (C=O) groups excluding carboxylic acids is 1. The Morgan fingerprint density at radius 3 is 2.45 bits per heavy atom. The molecule has 0 heterocycles. The van der Waals surface area contributed by atoms with Crippen molar-refractivity contribution in [2.45, 2.75) is 20.0 Å². The first-order chi connectivity index (χ1) is 9.56. The molecular weight excluding hydrogens is 257 g/mol. The number of benzene rings is 2. The van der Waals surface area contributed by atoms with Gasteiger partial charge in [0.25, 0.3) is 5.91 Å². The van der Waals surface area contributed by atoms with Gasteiger partial charge in [0.1, 0.15) is 11.6 Å². The summed E-state index contributed by atoms with van der Waals surface area (Å²) < 4.78 is 18.9.